The molecule has 2 rings (SSSR count). The second kappa shape index (κ2) is 5.31. The number of nitrogens with zero attached hydrogens (tertiary/aromatic N) is 3. The quantitative estimate of drug-likeness (QED) is 0.898. The van der Waals surface area contributed by atoms with Crippen LogP contribution in [-0.4, -0.2) is 20.6 Å². The number of rotatable bonds is 4. The summed E-state index contributed by atoms with van der Waals surface area (Å²) in [4.78, 5) is 8.70. The van der Waals surface area contributed by atoms with Gasteiger partial charge in [-0.3, -0.25) is 4.98 Å². The van der Waals surface area contributed by atoms with Crippen molar-refractivity contribution in [2.75, 3.05) is 0 Å². The second-order valence-electron chi connectivity index (χ2n) is 4.83. The third kappa shape index (κ3) is 2.76. The van der Waals surface area contributed by atoms with Crippen molar-refractivity contribution in [3.63, 3.8) is 0 Å². The Morgan fingerprint density at radius 3 is 2.67 bits per heavy atom. The Morgan fingerprint density at radius 2 is 2.06 bits per heavy atom. The molecule has 1 N–H and O–H groups in total. The van der Waals surface area contributed by atoms with Gasteiger partial charge in [0.25, 0.3) is 0 Å². The molecular weight excluding hydrogens is 224 g/mol. The summed E-state index contributed by atoms with van der Waals surface area (Å²) in [7, 11) is 0. The summed E-state index contributed by atoms with van der Waals surface area (Å²) in [6.07, 6.45) is 3.71. The van der Waals surface area contributed by atoms with Crippen LogP contribution in [0.3, 0.4) is 0 Å². The fourth-order valence-corrected chi connectivity index (χ4v) is 1.78. The lowest BCUT2D eigenvalue weighted by atomic mass is 10.2. The smallest absolute Gasteiger partial charge is 0.0997 e. The number of imidazole rings is 1. The van der Waals surface area contributed by atoms with E-state index in [1.165, 1.54) is 5.69 Å². The maximum absolute atomic E-state index is 4.38. The molecule has 0 unspecified atom stereocenters. The van der Waals surface area contributed by atoms with Gasteiger partial charge in [-0.1, -0.05) is 13.8 Å². The fraction of sp³-hybridized carbons (Fsp3) is 0.429. The fourth-order valence-electron chi connectivity index (χ4n) is 1.78. The largest absolute Gasteiger partial charge is 0.309 e. The molecule has 96 valence electrons. The summed E-state index contributed by atoms with van der Waals surface area (Å²) < 4.78 is 2.09. The first-order chi connectivity index (χ1) is 8.58. The standard InChI is InChI=1S/C14H20N4/c1-10(2)16-8-13-7-14(5-6-15-13)18-9-17-11(3)12(18)4/h5-7,9-10,16H,8H2,1-4H3. The second-order valence-corrected chi connectivity index (χ2v) is 4.83. The van der Waals surface area contributed by atoms with Crippen LogP contribution in [-0.2, 0) is 6.54 Å². The number of aromatic nitrogens is 3. The third-order valence-corrected chi connectivity index (χ3v) is 3.02. The van der Waals surface area contributed by atoms with E-state index in [-0.39, 0.29) is 0 Å². The van der Waals surface area contributed by atoms with Crippen LogP contribution in [0, 0.1) is 13.8 Å². The Bertz CT molecular complexity index is 528. The minimum absolute atomic E-state index is 0.465. The molecule has 0 aromatic carbocycles. The zero-order chi connectivity index (χ0) is 13.1. The maximum Gasteiger partial charge on any atom is 0.0997 e. The van der Waals surface area contributed by atoms with E-state index < -0.39 is 0 Å². The van der Waals surface area contributed by atoms with E-state index in [0.29, 0.717) is 6.04 Å². The van der Waals surface area contributed by atoms with Crippen LogP contribution in [0.15, 0.2) is 24.7 Å². The molecule has 0 saturated carbocycles. The lowest BCUT2D eigenvalue weighted by molar-refractivity contribution is 0.581. The molecule has 2 aromatic rings. The normalized spacial score (nSPS) is 11.2. The first-order valence-corrected chi connectivity index (χ1v) is 6.27. The highest BCUT2D eigenvalue weighted by atomic mass is 15.1. The van der Waals surface area contributed by atoms with Crippen molar-refractivity contribution in [3.05, 3.63) is 41.7 Å². The summed E-state index contributed by atoms with van der Waals surface area (Å²) in [5.74, 6) is 0. The predicted molar refractivity (Wildman–Crippen MR) is 72.8 cm³/mol. The Kier molecular flexibility index (Phi) is 3.77. The number of hydrogen-bond acceptors (Lipinski definition) is 3. The van der Waals surface area contributed by atoms with Crippen LogP contribution in [0.1, 0.15) is 30.9 Å². The Labute approximate surface area is 108 Å². The van der Waals surface area contributed by atoms with Gasteiger partial charge in [0.05, 0.1) is 23.4 Å². The molecule has 4 nitrogen and oxygen atoms in total. The van der Waals surface area contributed by atoms with Crippen LogP contribution < -0.4 is 5.32 Å². The van der Waals surface area contributed by atoms with Crippen molar-refractivity contribution in [2.45, 2.75) is 40.3 Å². The van der Waals surface area contributed by atoms with E-state index in [0.717, 1.165) is 23.6 Å². The average molecular weight is 244 g/mol. The molecule has 0 saturated heterocycles. The Morgan fingerprint density at radius 1 is 1.28 bits per heavy atom. The molecule has 18 heavy (non-hydrogen) atoms. The van der Waals surface area contributed by atoms with Crippen LogP contribution in [0.5, 0.6) is 0 Å². The van der Waals surface area contributed by atoms with Gasteiger partial charge in [-0.05, 0) is 26.0 Å². The molecule has 0 atom stereocenters. The van der Waals surface area contributed by atoms with E-state index in [1.807, 2.05) is 25.5 Å². The zero-order valence-electron chi connectivity index (χ0n) is 11.4. The molecule has 0 amide bonds. The van der Waals surface area contributed by atoms with Gasteiger partial charge in [-0.2, -0.15) is 0 Å². The topological polar surface area (TPSA) is 42.7 Å². The Balaban J connectivity index is 2.24. The van der Waals surface area contributed by atoms with Crippen molar-refractivity contribution >= 4 is 0 Å². The molecule has 0 radical (unpaired) electrons. The van der Waals surface area contributed by atoms with Crippen molar-refractivity contribution < 1.29 is 0 Å². The lowest BCUT2D eigenvalue weighted by Gasteiger charge is -2.10. The van der Waals surface area contributed by atoms with Crippen LogP contribution in [0.4, 0.5) is 0 Å². The molecule has 2 heterocycles. The van der Waals surface area contributed by atoms with Gasteiger partial charge in [-0.25, -0.2) is 4.98 Å². The molecule has 0 spiro atoms. The summed E-state index contributed by atoms with van der Waals surface area (Å²) in [5.41, 5.74) is 4.40. The lowest BCUT2D eigenvalue weighted by Crippen LogP contribution is -2.22. The minimum atomic E-state index is 0.465. The summed E-state index contributed by atoms with van der Waals surface area (Å²) in [6, 6.07) is 4.57. The van der Waals surface area contributed by atoms with E-state index in [9.17, 15) is 0 Å². The molecule has 0 bridgehead atoms. The minimum Gasteiger partial charge on any atom is -0.309 e. The summed E-state index contributed by atoms with van der Waals surface area (Å²) in [5, 5.41) is 3.37. The zero-order valence-corrected chi connectivity index (χ0v) is 11.4. The Hall–Kier alpha value is -1.68. The van der Waals surface area contributed by atoms with Gasteiger partial charge in [-0.15, -0.1) is 0 Å². The highest BCUT2D eigenvalue weighted by Crippen LogP contribution is 2.13. The molecule has 0 aliphatic carbocycles. The predicted octanol–water partition coefficient (Wildman–Crippen LogP) is 2.38. The van der Waals surface area contributed by atoms with Gasteiger partial charge in [0, 0.05) is 24.5 Å². The van der Waals surface area contributed by atoms with Gasteiger partial charge in [0.15, 0.2) is 0 Å². The van der Waals surface area contributed by atoms with Crippen molar-refractivity contribution in [1.29, 1.82) is 0 Å². The highest BCUT2D eigenvalue weighted by molar-refractivity contribution is 5.35. The monoisotopic (exact) mass is 244 g/mol. The number of hydrogen-bond donors (Lipinski definition) is 1. The molecule has 2 aromatic heterocycles. The molecule has 0 aliphatic heterocycles. The van der Waals surface area contributed by atoms with Crippen molar-refractivity contribution in [1.82, 2.24) is 19.9 Å². The first kappa shape index (κ1) is 12.8. The first-order valence-electron chi connectivity index (χ1n) is 6.27. The van der Waals surface area contributed by atoms with Gasteiger partial charge < -0.3 is 9.88 Å². The van der Waals surface area contributed by atoms with E-state index in [4.69, 9.17) is 0 Å². The average Bonchev–Trinajstić information content (AvgIpc) is 2.68. The van der Waals surface area contributed by atoms with Crippen molar-refractivity contribution in [2.24, 2.45) is 0 Å². The van der Waals surface area contributed by atoms with Gasteiger partial charge in [0.2, 0.25) is 0 Å². The molecule has 0 fully saturated rings. The van der Waals surface area contributed by atoms with E-state index in [2.05, 4.69) is 46.7 Å². The number of pyridine rings is 1. The van der Waals surface area contributed by atoms with Gasteiger partial charge in [0.1, 0.15) is 0 Å². The highest BCUT2D eigenvalue weighted by Gasteiger charge is 2.05. The number of nitrogens with one attached hydrogen (secondary N) is 1. The SMILES string of the molecule is Cc1ncn(-c2ccnc(CNC(C)C)c2)c1C. The third-order valence-electron chi connectivity index (χ3n) is 3.02. The van der Waals surface area contributed by atoms with Crippen LogP contribution in [0.25, 0.3) is 5.69 Å². The maximum atomic E-state index is 4.38. The molecule has 0 aliphatic rings. The summed E-state index contributed by atoms with van der Waals surface area (Å²) in [6.45, 7) is 9.15. The van der Waals surface area contributed by atoms with Crippen LogP contribution >= 0.6 is 0 Å². The van der Waals surface area contributed by atoms with Crippen molar-refractivity contribution in [3.8, 4) is 5.69 Å². The van der Waals surface area contributed by atoms with E-state index in [1.54, 1.807) is 0 Å². The number of aryl methyl sites for hydroxylation is 1. The molecular formula is C14H20N4. The summed E-state index contributed by atoms with van der Waals surface area (Å²) >= 11 is 0. The van der Waals surface area contributed by atoms with Crippen LogP contribution in [0.2, 0.25) is 0 Å². The van der Waals surface area contributed by atoms with Gasteiger partial charge >= 0.3 is 0 Å². The molecule has 4 heteroatoms. The van der Waals surface area contributed by atoms with E-state index >= 15 is 0 Å².